The van der Waals surface area contributed by atoms with Crippen LogP contribution in [0.1, 0.15) is 30.0 Å². The van der Waals surface area contributed by atoms with Crippen molar-refractivity contribution in [3.63, 3.8) is 0 Å². The van der Waals surface area contributed by atoms with E-state index in [4.69, 9.17) is 0 Å². The molecule has 0 spiro atoms. The minimum Gasteiger partial charge on any atom is -0.435 e. The minimum absolute atomic E-state index is 0.0556. The van der Waals surface area contributed by atoms with Crippen molar-refractivity contribution >= 4 is 11.9 Å². The summed E-state index contributed by atoms with van der Waals surface area (Å²) in [6, 6.07) is 14.9. The predicted molar refractivity (Wildman–Crippen MR) is 99.1 cm³/mol. The van der Waals surface area contributed by atoms with Crippen molar-refractivity contribution in [2.75, 3.05) is 6.54 Å². The number of carbonyl (C=O) groups excluding carboxylic acids is 2. The minimum atomic E-state index is -2.89. The Hall–Kier alpha value is -3.00. The zero-order valence-electron chi connectivity index (χ0n) is 15.0. The van der Waals surface area contributed by atoms with Gasteiger partial charge in [0.1, 0.15) is 5.75 Å². The number of nitrogens with one attached hydrogen (secondary N) is 3. The summed E-state index contributed by atoms with van der Waals surface area (Å²) in [5, 5.41) is 8.07. The summed E-state index contributed by atoms with van der Waals surface area (Å²) in [5.41, 5.74) is 1.66. The SMILES string of the molecule is O=C(CN[C@@H](c1ccccc1)c1ccc(OC(F)F)cc1)NC(=O)NC1CC1. The number of ether oxygens (including phenoxy) is 1. The van der Waals surface area contributed by atoms with Crippen molar-refractivity contribution in [1.29, 1.82) is 0 Å². The highest BCUT2D eigenvalue weighted by atomic mass is 19.3. The van der Waals surface area contributed by atoms with E-state index in [0.717, 1.165) is 24.0 Å². The van der Waals surface area contributed by atoms with Gasteiger partial charge >= 0.3 is 12.6 Å². The molecule has 0 heterocycles. The Bertz CT molecular complexity index is 796. The maximum absolute atomic E-state index is 12.3. The second-order valence-electron chi connectivity index (χ2n) is 6.47. The van der Waals surface area contributed by atoms with Gasteiger partial charge in [0.2, 0.25) is 5.91 Å². The topological polar surface area (TPSA) is 79.5 Å². The Morgan fingerprint density at radius 2 is 1.64 bits per heavy atom. The lowest BCUT2D eigenvalue weighted by molar-refractivity contribution is -0.119. The Morgan fingerprint density at radius 3 is 2.25 bits per heavy atom. The van der Waals surface area contributed by atoms with E-state index in [9.17, 15) is 18.4 Å². The van der Waals surface area contributed by atoms with Crippen LogP contribution in [0.2, 0.25) is 0 Å². The van der Waals surface area contributed by atoms with Crippen LogP contribution in [0.25, 0.3) is 0 Å². The van der Waals surface area contributed by atoms with Crippen LogP contribution >= 0.6 is 0 Å². The fourth-order valence-electron chi connectivity index (χ4n) is 2.73. The third kappa shape index (κ3) is 6.02. The number of urea groups is 1. The average molecular weight is 389 g/mol. The van der Waals surface area contributed by atoms with Gasteiger partial charge in [-0.2, -0.15) is 8.78 Å². The Kier molecular flexibility index (Phi) is 6.54. The van der Waals surface area contributed by atoms with Crippen molar-refractivity contribution in [3.8, 4) is 5.75 Å². The molecule has 3 N–H and O–H groups in total. The summed E-state index contributed by atoms with van der Waals surface area (Å²) in [6.45, 7) is -2.98. The lowest BCUT2D eigenvalue weighted by atomic mass is 9.98. The lowest BCUT2D eigenvalue weighted by Gasteiger charge is -2.20. The van der Waals surface area contributed by atoms with Gasteiger partial charge in [0.05, 0.1) is 12.6 Å². The molecule has 0 saturated heterocycles. The molecule has 3 rings (SSSR count). The van der Waals surface area contributed by atoms with E-state index in [1.807, 2.05) is 30.3 Å². The summed E-state index contributed by atoms with van der Waals surface area (Å²) in [5.74, 6) is -0.406. The highest BCUT2D eigenvalue weighted by Gasteiger charge is 2.24. The third-order valence-corrected chi connectivity index (χ3v) is 4.20. The maximum atomic E-state index is 12.3. The monoisotopic (exact) mass is 389 g/mol. The second kappa shape index (κ2) is 9.27. The van der Waals surface area contributed by atoms with Gasteiger partial charge in [-0.1, -0.05) is 42.5 Å². The van der Waals surface area contributed by atoms with Crippen LogP contribution in [-0.2, 0) is 4.79 Å². The lowest BCUT2D eigenvalue weighted by Crippen LogP contribution is -2.44. The van der Waals surface area contributed by atoms with Gasteiger partial charge in [0.25, 0.3) is 0 Å². The van der Waals surface area contributed by atoms with E-state index in [0.29, 0.717) is 0 Å². The standard InChI is InChI=1S/C20H21F2N3O3/c21-19(22)28-16-10-6-14(7-11-16)18(13-4-2-1-3-5-13)23-12-17(26)25-20(27)24-15-8-9-15/h1-7,10-11,15,18-19,23H,8-9,12H2,(H2,24,25,26,27)/t18-/m0/s1. The van der Waals surface area contributed by atoms with Gasteiger partial charge in [-0.3, -0.25) is 15.4 Å². The van der Waals surface area contributed by atoms with Gasteiger partial charge in [0, 0.05) is 6.04 Å². The molecule has 0 unspecified atom stereocenters. The number of hydrogen-bond acceptors (Lipinski definition) is 4. The summed E-state index contributed by atoms with van der Waals surface area (Å²) < 4.78 is 29.0. The molecule has 0 aliphatic heterocycles. The Labute approximate surface area is 161 Å². The van der Waals surface area contributed by atoms with Crippen LogP contribution in [0.15, 0.2) is 54.6 Å². The number of rotatable bonds is 8. The highest BCUT2D eigenvalue weighted by Crippen LogP contribution is 2.24. The molecule has 8 heteroatoms. The van der Waals surface area contributed by atoms with E-state index in [-0.39, 0.29) is 24.4 Å². The number of alkyl halides is 2. The molecule has 28 heavy (non-hydrogen) atoms. The number of amides is 3. The Morgan fingerprint density at radius 1 is 1.00 bits per heavy atom. The molecular formula is C20H21F2N3O3. The molecule has 3 amide bonds. The van der Waals surface area contributed by atoms with Crippen molar-refractivity contribution in [1.82, 2.24) is 16.0 Å². The van der Waals surface area contributed by atoms with Crippen molar-refractivity contribution in [2.45, 2.75) is 31.5 Å². The number of benzene rings is 2. The number of carbonyl (C=O) groups is 2. The molecule has 0 radical (unpaired) electrons. The highest BCUT2D eigenvalue weighted by molar-refractivity contribution is 5.95. The molecule has 6 nitrogen and oxygen atoms in total. The molecule has 1 saturated carbocycles. The summed E-state index contributed by atoms with van der Waals surface area (Å²) in [6.07, 6.45) is 1.86. The second-order valence-corrected chi connectivity index (χ2v) is 6.47. The molecule has 1 atom stereocenters. The van der Waals surface area contributed by atoms with E-state index >= 15 is 0 Å². The van der Waals surface area contributed by atoms with Gasteiger partial charge in [-0.25, -0.2) is 4.79 Å². The van der Waals surface area contributed by atoms with Crippen molar-refractivity contribution < 1.29 is 23.1 Å². The first-order valence-electron chi connectivity index (χ1n) is 8.94. The van der Waals surface area contributed by atoms with Gasteiger partial charge in [-0.05, 0) is 36.1 Å². The van der Waals surface area contributed by atoms with Crippen LogP contribution in [-0.4, -0.2) is 31.1 Å². The fraction of sp³-hybridized carbons (Fsp3) is 0.300. The first-order chi connectivity index (χ1) is 13.5. The third-order valence-electron chi connectivity index (χ3n) is 4.20. The molecule has 148 valence electrons. The van der Waals surface area contributed by atoms with E-state index in [1.54, 1.807) is 12.1 Å². The summed E-state index contributed by atoms with van der Waals surface area (Å²) in [7, 11) is 0. The number of hydrogen-bond donors (Lipinski definition) is 3. The fourth-order valence-corrected chi connectivity index (χ4v) is 2.73. The van der Waals surface area contributed by atoms with Crippen LogP contribution in [0.3, 0.4) is 0 Å². The largest absolute Gasteiger partial charge is 0.435 e. The summed E-state index contributed by atoms with van der Waals surface area (Å²) in [4.78, 5) is 23.7. The predicted octanol–water partition coefficient (Wildman–Crippen LogP) is 2.96. The zero-order chi connectivity index (χ0) is 19.9. The number of imide groups is 1. The first kappa shape index (κ1) is 19.8. The molecule has 1 fully saturated rings. The van der Waals surface area contributed by atoms with Crippen molar-refractivity contribution in [3.05, 3.63) is 65.7 Å². The van der Waals surface area contributed by atoms with Gasteiger partial charge in [-0.15, -0.1) is 0 Å². The van der Waals surface area contributed by atoms with Crippen LogP contribution in [0.4, 0.5) is 13.6 Å². The van der Waals surface area contributed by atoms with E-state index in [1.165, 1.54) is 12.1 Å². The summed E-state index contributed by atoms with van der Waals surface area (Å²) >= 11 is 0. The number of halogens is 2. The molecule has 1 aliphatic carbocycles. The van der Waals surface area contributed by atoms with E-state index in [2.05, 4.69) is 20.7 Å². The molecule has 0 aromatic heterocycles. The molecule has 0 bridgehead atoms. The first-order valence-corrected chi connectivity index (χ1v) is 8.94. The average Bonchev–Trinajstić information content (AvgIpc) is 3.47. The van der Waals surface area contributed by atoms with Gasteiger partial charge < -0.3 is 10.1 Å². The smallest absolute Gasteiger partial charge is 0.387 e. The Balaban J connectivity index is 1.65. The zero-order valence-corrected chi connectivity index (χ0v) is 15.0. The van der Waals surface area contributed by atoms with Crippen LogP contribution in [0, 0.1) is 0 Å². The van der Waals surface area contributed by atoms with Crippen LogP contribution in [0.5, 0.6) is 5.75 Å². The molecule has 2 aromatic carbocycles. The molecular weight excluding hydrogens is 368 g/mol. The van der Waals surface area contributed by atoms with Gasteiger partial charge in [0.15, 0.2) is 0 Å². The van der Waals surface area contributed by atoms with E-state index < -0.39 is 18.5 Å². The molecule has 2 aromatic rings. The quantitative estimate of drug-likeness (QED) is 0.649. The maximum Gasteiger partial charge on any atom is 0.387 e. The van der Waals surface area contributed by atoms with Crippen molar-refractivity contribution in [2.24, 2.45) is 0 Å². The van der Waals surface area contributed by atoms with Crippen LogP contribution < -0.4 is 20.7 Å². The normalized spacial score (nSPS) is 14.4. The molecule has 1 aliphatic rings.